The van der Waals surface area contributed by atoms with E-state index in [9.17, 15) is 9.59 Å². The summed E-state index contributed by atoms with van der Waals surface area (Å²) in [6, 6.07) is 7.20. The molecule has 1 fully saturated rings. The van der Waals surface area contributed by atoms with Crippen LogP contribution in [-0.2, 0) is 4.79 Å². The largest absolute Gasteiger partial charge is 0.491 e. The number of nitrogens with one attached hydrogen (secondary N) is 3. The molecule has 2 heterocycles. The SMILES string of the molecule is CC(C)[C@H]1COc2ccccc2C(=O)NCCCCC2(CCNCC2)C(=O)N1. The summed E-state index contributed by atoms with van der Waals surface area (Å²) in [5, 5.41) is 9.65. The van der Waals surface area contributed by atoms with E-state index < -0.39 is 0 Å². The molecule has 6 heteroatoms. The van der Waals surface area contributed by atoms with Crippen molar-refractivity contribution >= 4 is 11.8 Å². The van der Waals surface area contributed by atoms with Crippen molar-refractivity contribution in [3.8, 4) is 5.75 Å². The lowest BCUT2D eigenvalue weighted by Gasteiger charge is -2.38. The van der Waals surface area contributed by atoms with Crippen molar-refractivity contribution in [2.75, 3.05) is 26.2 Å². The Bertz CT molecular complexity index is 683. The molecule has 2 aliphatic heterocycles. The van der Waals surface area contributed by atoms with Crippen molar-refractivity contribution in [3.05, 3.63) is 29.8 Å². The van der Waals surface area contributed by atoms with Crippen LogP contribution in [0.25, 0.3) is 0 Å². The second-order valence-corrected chi connectivity index (χ2v) is 8.37. The average molecular weight is 388 g/mol. The van der Waals surface area contributed by atoms with Crippen LogP contribution in [0.15, 0.2) is 24.3 Å². The third-order valence-corrected chi connectivity index (χ3v) is 6.08. The molecular weight excluding hydrogens is 354 g/mol. The van der Waals surface area contributed by atoms with Gasteiger partial charge in [0.2, 0.25) is 5.91 Å². The van der Waals surface area contributed by atoms with Crippen LogP contribution >= 0.6 is 0 Å². The van der Waals surface area contributed by atoms with Gasteiger partial charge >= 0.3 is 0 Å². The highest BCUT2D eigenvalue weighted by molar-refractivity contribution is 5.96. The van der Waals surface area contributed by atoms with E-state index in [0.29, 0.717) is 24.5 Å². The smallest absolute Gasteiger partial charge is 0.255 e. The Balaban J connectivity index is 1.83. The van der Waals surface area contributed by atoms with Gasteiger partial charge in [-0.1, -0.05) is 32.4 Å². The summed E-state index contributed by atoms with van der Waals surface area (Å²) in [5.41, 5.74) is 0.230. The van der Waals surface area contributed by atoms with Crippen LogP contribution in [-0.4, -0.2) is 44.1 Å². The fourth-order valence-electron chi connectivity index (χ4n) is 4.06. The zero-order chi connectivity index (χ0) is 20.0. The number of hydrogen-bond acceptors (Lipinski definition) is 4. The number of fused-ring (bicyclic) bond motifs is 1. The first-order valence-corrected chi connectivity index (χ1v) is 10.5. The van der Waals surface area contributed by atoms with Gasteiger partial charge in [0.15, 0.2) is 0 Å². The van der Waals surface area contributed by atoms with E-state index in [1.807, 2.05) is 18.2 Å². The topological polar surface area (TPSA) is 79.5 Å². The number of hydrogen-bond donors (Lipinski definition) is 3. The van der Waals surface area contributed by atoms with Crippen molar-refractivity contribution in [1.82, 2.24) is 16.0 Å². The third kappa shape index (κ3) is 4.85. The van der Waals surface area contributed by atoms with E-state index in [2.05, 4.69) is 29.8 Å². The maximum Gasteiger partial charge on any atom is 0.255 e. The molecule has 3 rings (SSSR count). The minimum Gasteiger partial charge on any atom is -0.491 e. The molecule has 0 unspecified atom stereocenters. The molecule has 1 aromatic rings. The van der Waals surface area contributed by atoms with E-state index in [1.54, 1.807) is 6.07 Å². The second kappa shape index (κ2) is 9.41. The van der Waals surface area contributed by atoms with Crippen LogP contribution < -0.4 is 20.7 Å². The number of para-hydroxylation sites is 1. The minimum atomic E-state index is -0.315. The standard InChI is InChI=1S/C22H33N3O3/c1-16(2)18-15-28-19-8-4-3-7-17(19)20(26)24-12-6-5-9-22(21(27)25-18)10-13-23-14-11-22/h3-4,7-8,16,18,23H,5-6,9-15H2,1-2H3,(H,24,26)(H,25,27)/t18-/m1/s1. The maximum absolute atomic E-state index is 13.3. The Labute approximate surface area is 167 Å². The van der Waals surface area contributed by atoms with Gasteiger partial charge in [-0.15, -0.1) is 0 Å². The normalized spacial score (nSPS) is 23.9. The molecule has 1 saturated heterocycles. The van der Waals surface area contributed by atoms with Gasteiger partial charge in [-0.05, 0) is 56.8 Å². The lowest BCUT2D eigenvalue weighted by molar-refractivity contribution is -0.134. The number of ether oxygens (including phenoxy) is 1. The first-order chi connectivity index (χ1) is 13.5. The van der Waals surface area contributed by atoms with Gasteiger partial charge in [0, 0.05) is 6.54 Å². The van der Waals surface area contributed by atoms with E-state index in [0.717, 1.165) is 45.2 Å². The first kappa shape index (κ1) is 20.6. The summed E-state index contributed by atoms with van der Waals surface area (Å²) < 4.78 is 6.01. The van der Waals surface area contributed by atoms with Crippen LogP contribution in [0.5, 0.6) is 5.75 Å². The second-order valence-electron chi connectivity index (χ2n) is 8.37. The van der Waals surface area contributed by atoms with Crippen molar-refractivity contribution in [2.24, 2.45) is 11.3 Å². The lowest BCUT2D eigenvalue weighted by atomic mass is 9.74. The summed E-state index contributed by atoms with van der Waals surface area (Å²) in [5.74, 6) is 0.852. The lowest BCUT2D eigenvalue weighted by Crippen LogP contribution is -2.53. The van der Waals surface area contributed by atoms with Crippen molar-refractivity contribution in [2.45, 2.75) is 52.0 Å². The van der Waals surface area contributed by atoms with Gasteiger partial charge in [0.25, 0.3) is 5.91 Å². The zero-order valence-electron chi connectivity index (χ0n) is 17.1. The van der Waals surface area contributed by atoms with Crippen LogP contribution in [0.1, 0.15) is 56.3 Å². The average Bonchev–Trinajstić information content (AvgIpc) is 2.70. The Morgan fingerprint density at radius 2 is 1.79 bits per heavy atom. The van der Waals surface area contributed by atoms with Crippen LogP contribution in [0.3, 0.4) is 0 Å². The van der Waals surface area contributed by atoms with Gasteiger partial charge in [0.1, 0.15) is 12.4 Å². The van der Waals surface area contributed by atoms with Crippen LogP contribution in [0.2, 0.25) is 0 Å². The molecule has 1 spiro atoms. The van der Waals surface area contributed by atoms with Gasteiger partial charge in [-0.2, -0.15) is 0 Å². The molecule has 0 saturated carbocycles. The highest BCUT2D eigenvalue weighted by atomic mass is 16.5. The van der Waals surface area contributed by atoms with Crippen LogP contribution in [0.4, 0.5) is 0 Å². The number of benzene rings is 1. The van der Waals surface area contributed by atoms with E-state index >= 15 is 0 Å². The monoisotopic (exact) mass is 387 g/mol. The van der Waals surface area contributed by atoms with Crippen molar-refractivity contribution < 1.29 is 14.3 Å². The molecule has 0 aliphatic carbocycles. The Kier molecular flexibility index (Phi) is 6.94. The summed E-state index contributed by atoms with van der Waals surface area (Å²) in [6.45, 7) is 6.89. The minimum absolute atomic E-state index is 0.0988. The molecule has 28 heavy (non-hydrogen) atoms. The molecule has 2 amide bonds. The quantitative estimate of drug-likeness (QED) is 0.692. The molecule has 3 N–H and O–H groups in total. The van der Waals surface area contributed by atoms with Gasteiger partial charge in [0.05, 0.1) is 17.0 Å². The van der Waals surface area contributed by atoms with E-state index in [-0.39, 0.29) is 29.2 Å². The maximum atomic E-state index is 13.3. The summed E-state index contributed by atoms with van der Waals surface area (Å²) in [7, 11) is 0. The fourth-order valence-corrected chi connectivity index (χ4v) is 4.06. The van der Waals surface area contributed by atoms with Gasteiger partial charge in [-0.3, -0.25) is 9.59 Å². The number of piperidine rings is 1. The molecule has 0 bridgehead atoms. The van der Waals surface area contributed by atoms with Gasteiger partial charge < -0.3 is 20.7 Å². The molecular formula is C22H33N3O3. The number of rotatable bonds is 1. The third-order valence-electron chi connectivity index (χ3n) is 6.08. The predicted molar refractivity (Wildman–Crippen MR) is 109 cm³/mol. The highest BCUT2D eigenvalue weighted by Gasteiger charge is 2.40. The first-order valence-electron chi connectivity index (χ1n) is 10.5. The summed E-state index contributed by atoms with van der Waals surface area (Å²) >= 11 is 0. The Morgan fingerprint density at radius 3 is 2.54 bits per heavy atom. The molecule has 2 aliphatic rings. The van der Waals surface area contributed by atoms with Crippen LogP contribution in [0, 0.1) is 11.3 Å². The molecule has 0 aromatic heterocycles. The predicted octanol–water partition coefficient (Wildman–Crippen LogP) is 2.49. The Morgan fingerprint density at radius 1 is 1.04 bits per heavy atom. The summed E-state index contributed by atoms with van der Waals surface area (Å²) in [6.07, 6.45) is 4.38. The van der Waals surface area contributed by atoms with E-state index in [1.165, 1.54) is 0 Å². The number of carbonyl (C=O) groups is 2. The molecule has 1 atom stereocenters. The summed E-state index contributed by atoms with van der Waals surface area (Å²) in [4.78, 5) is 25.9. The van der Waals surface area contributed by atoms with E-state index in [4.69, 9.17) is 4.74 Å². The highest BCUT2D eigenvalue weighted by Crippen LogP contribution is 2.35. The fraction of sp³-hybridized carbons (Fsp3) is 0.636. The number of amides is 2. The van der Waals surface area contributed by atoms with Gasteiger partial charge in [-0.25, -0.2) is 0 Å². The molecule has 1 aromatic carbocycles. The zero-order valence-corrected chi connectivity index (χ0v) is 17.1. The number of carbonyl (C=O) groups excluding carboxylic acids is 2. The van der Waals surface area contributed by atoms with Crippen molar-refractivity contribution in [1.29, 1.82) is 0 Å². The van der Waals surface area contributed by atoms with Crippen molar-refractivity contribution in [3.63, 3.8) is 0 Å². The molecule has 6 nitrogen and oxygen atoms in total. The molecule has 0 radical (unpaired) electrons. The molecule has 154 valence electrons. The Hall–Kier alpha value is -2.08.